The molecule has 9 N–H and O–H groups in total. The molecule has 0 atom stereocenters. The first kappa shape index (κ1) is 38.3. The molecule has 0 saturated carbocycles. The second kappa shape index (κ2) is 17.8. The normalized spacial score (nSPS) is 11.6. The molecule has 0 aliphatic heterocycles. The maximum atomic E-state index is 13.5. The van der Waals surface area contributed by atoms with Crippen LogP contribution in [0.2, 0.25) is 0 Å². The molecule has 5 rings (SSSR count). The fourth-order valence-corrected chi connectivity index (χ4v) is 5.08. The van der Waals surface area contributed by atoms with E-state index in [9.17, 15) is 9.59 Å². The Morgan fingerprint density at radius 3 is 2.12 bits per heavy atom. The number of nitrogens with two attached hydrogens (primary N) is 2. The van der Waals surface area contributed by atoms with Crippen molar-refractivity contribution in [2.45, 2.75) is 65.8 Å². The van der Waals surface area contributed by atoms with E-state index in [2.05, 4.69) is 27.8 Å². The topological polar surface area (TPSA) is 236 Å². The number of rotatable bonds is 10. The molecule has 0 unspecified atom stereocenters. The SMILES string of the molecule is CC(=O)O.CC(=O)O.CC(C)Nc1ncc(-c2cc(N)cc(OC3Cc4ccccc4C3)c2)n(CC(=O)NCc2ccc(C(=N)N)cc2)c1=O. The number of aliphatic carboxylic acids is 2. The molecule has 0 bridgehead atoms. The molecule has 0 spiro atoms. The van der Waals surface area contributed by atoms with E-state index in [4.69, 9.17) is 41.4 Å². The first-order valence-electron chi connectivity index (χ1n) is 15.7. The number of aromatic nitrogens is 2. The number of carboxylic acids is 2. The minimum Gasteiger partial charge on any atom is -0.490 e. The summed E-state index contributed by atoms with van der Waals surface area (Å²) in [6, 6.07) is 20.6. The van der Waals surface area contributed by atoms with Gasteiger partial charge < -0.3 is 37.1 Å². The quantitative estimate of drug-likeness (QED) is 0.0723. The molecular formula is C36H43N7O7. The van der Waals surface area contributed by atoms with Crippen molar-refractivity contribution in [3.05, 3.63) is 106 Å². The van der Waals surface area contributed by atoms with Gasteiger partial charge in [-0.1, -0.05) is 48.5 Å². The number of amides is 1. The van der Waals surface area contributed by atoms with Crippen LogP contribution in [-0.2, 0) is 40.3 Å². The van der Waals surface area contributed by atoms with Gasteiger partial charge in [0.2, 0.25) is 5.91 Å². The standard InChI is InChI=1S/C32H35N7O3.2C2H4O2/c1-19(2)38-31-32(41)39(18-29(40)36-16-20-7-9-21(10-8-20)30(34)35)28(17-37-31)24-11-25(33)15-27(14-24)42-26-12-22-5-3-4-6-23(22)13-26;2*1-2(3)4/h3-11,14-15,17,19,26H,12-13,16,18,33H2,1-2H3,(H3,34,35)(H,36,40)(H,37,38);2*1H3,(H,3,4). The number of carbonyl (C=O) groups excluding carboxylic acids is 1. The van der Waals surface area contributed by atoms with Crippen LogP contribution >= 0.6 is 0 Å². The van der Waals surface area contributed by atoms with Crippen molar-refractivity contribution in [3.8, 4) is 17.0 Å². The first-order chi connectivity index (χ1) is 23.6. The van der Waals surface area contributed by atoms with E-state index in [1.165, 1.54) is 15.7 Å². The molecule has 0 fully saturated rings. The number of hydrogen-bond donors (Lipinski definition) is 7. The highest BCUT2D eigenvalue weighted by molar-refractivity contribution is 5.94. The summed E-state index contributed by atoms with van der Waals surface area (Å²) in [7, 11) is 0. The van der Waals surface area contributed by atoms with Crippen molar-refractivity contribution >= 4 is 35.2 Å². The molecule has 1 aromatic heterocycles. The summed E-state index contributed by atoms with van der Waals surface area (Å²) in [6.45, 7) is 6.01. The highest BCUT2D eigenvalue weighted by Gasteiger charge is 2.23. The molecule has 14 heteroatoms. The van der Waals surface area contributed by atoms with Gasteiger partial charge in [-0.05, 0) is 42.7 Å². The Labute approximate surface area is 289 Å². The van der Waals surface area contributed by atoms with E-state index >= 15 is 0 Å². The maximum Gasteiger partial charge on any atom is 0.300 e. The van der Waals surface area contributed by atoms with Gasteiger partial charge in [0, 0.05) is 62.2 Å². The molecular weight excluding hydrogens is 642 g/mol. The zero-order valence-corrected chi connectivity index (χ0v) is 28.4. The molecule has 1 heterocycles. The Morgan fingerprint density at radius 2 is 1.58 bits per heavy atom. The van der Waals surface area contributed by atoms with Gasteiger partial charge in [0.25, 0.3) is 17.5 Å². The maximum absolute atomic E-state index is 13.5. The van der Waals surface area contributed by atoms with Gasteiger partial charge >= 0.3 is 0 Å². The van der Waals surface area contributed by atoms with Gasteiger partial charge in [0.05, 0.1) is 11.9 Å². The lowest BCUT2D eigenvalue weighted by Gasteiger charge is -2.18. The van der Waals surface area contributed by atoms with Crippen LogP contribution in [0, 0.1) is 5.41 Å². The average Bonchev–Trinajstić information content (AvgIpc) is 3.43. The number of carbonyl (C=O) groups is 3. The van der Waals surface area contributed by atoms with Crippen molar-refractivity contribution < 1.29 is 29.3 Å². The molecule has 1 amide bonds. The van der Waals surface area contributed by atoms with E-state index < -0.39 is 17.5 Å². The van der Waals surface area contributed by atoms with Crippen LogP contribution in [0.3, 0.4) is 0 Å². The lowest BCUT2D eigenvalue weighted by atomic mass is 10.1. The Kier molecular flexibility index (Phi) is 13.6. The third-order valence-electron chi connectivity index (χ3n) is 7.08. The van der Waals surface area contributed by atoms with E-state index in [1.807, 2.05) is 32.0 Å². The molecule has 0 saturated heterocycles. The average molecular weight is 686 g/mol. The Bertz CT molecular complexity index is 1840. The number of amidine groups is 1. The molecule has 14 nitrogen and oxygen atoms in total. The first-order valence-corrected chi connectivity index (χ1v) is 15.7. The van der Waals surface area contributed by atoms with Crippen molar-refractivity contribution in [2.24, 2.45) is 5.73 Å². The number of nitrogens with one attached hydrogen (secondary N) is 3. The Hall–Kier alpha value is -6.18. The number of nitrogen functional groups attached to an aromatic ring is 2. The van der Waals surface area contributed by atoms with Gasteiger partial charge in [0.1, 0.15) is 24.2 Å². The zero-order chi connectivity index (χ0) is 37.0. The van der Waals surface area contributed by atoms with Gasteiger partial charge in [-0.2, -0.15) is 0 Å². The molecule has 50 heavy (non-hydrogen) atoms. The lowest BCUT2D eigenvalue weighted by molar-refractivity contribution is -0.135. The Morgan fingerprint density at radius 1 is 1.00 bits per heavy atom. The minimum absolute atomic E-state index is 0.0229. The monoisotopic (exact) mass is 685 g/mol. The van der Waals surface area contributed by atoms with E-state index in [0.29, 0.717) is 28.3 Å². The van der Waals surface area contributed by atoms with Gasteiger partial charge in [-0.3, -0.25) is 29.2 Å². The highest BCUT2D eigenvalue weighted by Crippen LogP contribution is 2.31. The lowest BCUT2D eigenvalue weighted by Crippen LogP contribution is -2.35. The second-order valence-electron chi connectivity index (χ2n) is 11.8. The summed E-state index contributed by atoms with van der Waals surface area (Å²) < 4.78 is 7.74. The number of anilines is 2. The molecule has 1 aliphatic carbocycles. The molecule has 4 aromatic rings. The molecule has 0 radical (unpaired) electrons. The van der Waals surface area contributed by atoms with Gasteiger partial charge in [-0.15, -0.1) is 0 Å². The number of nitrogens with zero attached hydrogens (tertiary/aromatic N) is 2. The fraction of sp³-hybridized carbons (Fsp3) is 0.278. The van der Waals surface area contributed by atoms with Crippen molar-refractivity contribution in [3.63, 3.8) is 0 Å². The van der Waals surface area contributed by atoms with E-state index in [-0.39, 0.29) is 42.8 Å². The van der Waals surface area contributed by atoms with E-state index in [1.54, 1.807) is 42.6 Å². The molecule has 264 valence electrons. The van der Waals surface area contributed by atoms with Crippen LogP contribution in [0.25, 0.3) is 11.3 Å². The Balaban J connectivity index is 0.000000764. The van der Waals surface area contributed by atoms with Gasteiger partial charge in [0.15, 0.2) is 5.82 Å². The predicted octanol–water partition coefficient (Wildman–Crippen LogP) is 3.64. The van der Waals surface area contributed by atoms with Crippen molar-refractivity contribution in [1.82, 2.24) is 14.9 Å². The van der Waals surface area contributed by atoms with E-state index in [0.717, 1.165) is 32.3 Å². The summed E-state index contributed by atoms with van der Waals surface area (Å²) in [5, 5.41) is 28.3. The summed E-state index contributed by atoms with van der Waals surface area (Å²) in [5.41, 5.74) is 16.9. The number of carboxylic acid groups (broad SMARTS) is 2. The van der Waals surface area contributed by atoms with Crippen LogP contribution in [0.15, 0.2) is 77.7 Å². The van der Waals surface area contributed by atoms with Crippen LogP contribution < -0.4 is 32.4 Å². The number of benzene rings is 3. The smallest absolute Gasteiger partial charge is 0.300 e. The molecule has 1 aliphatic rings. The summed E-state index contributed by atoms with van der Waals surface area (Å²) in [5.74, 6) is -1.29. The van der Waals surface area contributed by atoms with Crippen molar-refractivity contribution in [2.75, 3.05) is 11.1 Å². The second-order valence-corrected chi connectivity index (χ2v) is 11.8. The van der Waals surface area contributed by atoms with Crippen LogP contribution in [-0.4, -0.2) is 55.6 Å². The number of ether oxygens (including phenoxy) is 1. The fourth-order valence-electron chi connectivity index (χ4n) is 5.08. The largest absolute Gasteiger partial charge is 0.490 e. The van der Waals surface area contributed by atoms with Gasteiger partial charge in [-0.25, -0.2) is 4.98 Å². The summed E-state index contributed by atoms with van der Waals surface area (Å²) >= 11 is 0. The van der Waals surface area contributed by atoms with Crippen LogP contribution in [0.1, 0.15) is 49.9 Å². The highest BCUT2D eigenvalue weighted by atomic mass is 16.5. The third-order valence-corrected chi connectivity index (χ3v) is 7.08. The summed E-state index contributed by atoms with van der Waals surface area (Å²) in [4.78, 5) is 49.0. The van der Waals surface area contributed by atoms with Crippen LogP contribution in [0.5, 0.6) is 5.75 Å². The minimum atomic E-state index is -0.833. The summed E-state index contributed by atoms with van der Waals surface area (Å²) in [6.07, 6.45) is 3.16. The predicted molar refractivity (Wildman–Crippen MR) is 191 cm³/mol. The number of hydrogen-bond acceptors (Lipinski definition) is 9. The third kappa shape index (κ3) is 11.8. The zero-order valence-electron chi connectivity index (χ0n) is 28.4. The molecule has 3 aromatic carbocycles. The number of fused-ring (bicyclic) bond motifs is 1. The van der Waals surface area contributed by atoms with Crippen LogP contribution in [0.4, 0.5) is 11.5 Å². The van der Waals surface area contributed by atoms with Crippen molar-refractivity contribution in [1.29, 1.82) is 5.41 Å².